The van der Waals surface area contributed by atoms with E-state index in [-0.39, 0.29) is 0 Å². The van der Waals surface area contributed by atoms with Gasteiger partial charge in [0.05, 0.1) is 6.54 Å². The summed E-state index contributed by atoms with van der Waals surface area (Å²) in [7, 11) is 4.14. The number of benzene rings is 1. The Morgan fingerprint density at radius 2 is 1.88 bits per heavy atom. The molecule has 0 aliphatic carbocycles. The molecule has 0 spiro atoms. The second kappa shape index (κ2) is 12.4. The molecular formula is C17H26Cl2IN3OS. The topological polar surface area (TPSA) is 27.7 Å². The maximum Gasteiger partial charge on any atom is 0.169 e. The minimum atomic E-state index is 0.334. The van der Waals surface area contributed by atoms with Crippen molar-refractivity contribution in [1.29, 1.82) is 0 Å². The van der Waals surface area contributed by atoms with E-state index in [0.717, 1.165) is 29.1 Å². The van der Waals surface area contributed by atoms with Gasteiger partial charge in [-0.15, -0.1) is 0 Å². The Kier molecular flexibility index (Phi) is 11.4. The highest BCUT2D eigenvalue weighted by atomic mass is 127. The molecule has 1 rings (SSSR count). The molecule has 0 aliphatic rings. The van der Waals surface area contributed by atoms with Crippen LogP contribution in [0.1, 0.15) is 13.3 Å². The predicted octanol–water partition coefficient (Wildman–Crippen LogP) is 4.32. The van der Waals surface area contributed by atoms with Gasteiger partial charge in [-0.05, 0) is 64.4 Å². The van der Waals surface area contributed by atoms with E-state index in [0.29, 0.717) is 35.0 Å². The molecule has 0 fully saturated rings. The zero-order chi connectivity index (χ0) is 18.8. The number of thiocarbonyl (C=S) groups is 1. The van der Waals surface area contributed by atoms with Crippen molar-refractivity contribution < 1.29 is 4.74 Å². The van der Waals surface area contributed by atoms with E-state index in [1.54, 1.807) is 18.2 Å². The molecule has 0 heterocycles. The van der Waals surface area contributed by atoms with Crippen LogP contribution in [0.2, 0.25) is 10.0 Å². The Hall–Kier alpha value is -0.0200. The summed E-state index contributed by atoms with van der Waals surface area (Å²) in [6.45, 7) is 5.28. The summed E-state index contributed by atoms with van der Waals surface area (Å²) in [4.78, 5) is 4.34. The third-order valence-corrected chi connectivity index (χ3v) is 5.60. The minimum absolute atomic E-state index is 0.334. The van der Waals surface area contributed by atoms with Gasteiger partial charge in [0.2, 0.25) is 0 Å². The molecule has 1 atom stereocenters. The fraction of sp³-hybridized carbons (Fsp3) is 0.588. The van der Waals surface area contributed by atoms with E-state index in [1.807, 2.05) is 0 Å². The largest absolute Gasteiger partial charge is 0.492 e. The number of hydrogen-bond acceptors (Lipinski definition) is 3. The molecule has 25 heavy (non-hydrogen) atoms. The average molecular weight is 518 g/mol. The van der Waals surface area contributed by atoms with Gasteiger partial charge in [0.25, 0.3) is 0 Å². The molecule has 8 heteroatoms. The first-order chi connectivity index (χ1) is 11.8. The first kappa shape index (κ1) is 23.0. The first-order valence-electron chi connectivity index (χ1n) is 8.17. The standard InChI is InChI=1S/C17H26Cl2IN3OS/c1-13(12-20)23(17(25)21-5-4-6-22(2)3)7-8-24-16-10-14(18)9-15(19)11-16/h9-11,13H,4-8,12H2,1-3H3,(H,21,25). The summed E-state index contributed by atoms with van der Waals surface area (Å²) in [5, 5.41) is 5.26. The van der Waals surface area contributed by atoms with E-state index < -0.39 is 0 Å². The van der Waals surface area contributed by atoms with Crippen molar-refractivity contribution >= 4 is 63.1 Å². The van der Waals surface area contributed by atoms with Crippen LogP contribution in [0.4, 0.5) is 0 Å². The number of nitrogens with zero attached hydrogens (tertiary/aromatic N) is 2. The summed E-state index contributed by atoms with van der Waals surface area (Å²) >= 11 is 19.9. The summed E-state index contributed by atoms with van der Waals surface area (Å²) in [6, 6.07) is 5.54. The van der Waals surface area contributed by atoms with Gasteiger partial charge in [-0.25, -0.2) is 0 Å². The van der Waals surface area contributed by atoms with Crippen LogP contribution in [-0.2, 0) is 0 Å². The van der Waals surface area contributed by atoms with Gasteiger partial charge in [0, 0.05) is 27.1 Å². The predicted molar refractivity (Wildman–Crippen MR) is 121 cm³/mol. The molecule has 0 aromatic heterocycles. The zero-order valence-electron chi connectivity index (χ0n) is 14.9. The lowest BCUT2D eigenvalue weighted by molar-refractivity contribution is 0.248. The molecule has 0 amide bonds. The lowest BCUT2D eigenvalue weighted by Crippen LogP contribution is -2.47. The monoisotopic (exact) mass is 517 g/mol. The number of rotatable bonds is 10. The minimum Gasteiger partial charge on any atom is -0.492 e. The Bertz CT molecular complexity index is 528. The van der Waals surface area contributed by atoms with Gasteiger partial charge in [-0.1, -0.05) is 45.8 Å². The van der Waals surface area contributed by atoms with Crippen LogP contribution < -0.4 is 10.1 Å². The summed E-state index contributed by atoms with van der Waals surface area (Å²) in [5.74, 6) is 0.671. The van der Waals surface area contributed by atoms with E-state index in [1.165, 1.54) is 0 Å². The van der Waals surface area contributed by atoms with E-state index >= 15 is 0 Å². The quantitative estimate of drug-likeness (QED) is 0.216. The molecule has 142 valence electrons. The van der Waals surface area contributed by atoms with Crippen molar-refractivity contribution in [2.24, 2.45) is 0 Å². The number of nitrogens with one attached hydrogen (secondary N) is 1. The fourth-order valence-electron chi connectivity index (χ4n) is 2.17. The Morgan fingerprint density at radius 3 is 2.44 bits per heavy atom. The van der Waals surface area contributed by atoms with E-state index in [4.69, 9.17) is 40.2 Å². The molecule has 0 saturated carbocycles. The van der Waals surface area contributed by atoms with Crippen LogP contribution in [0.5, 0.6) is 5.75 Å². The SMILES string of the molecule is CC(CI)N(CCOc1cc(Cl)cc(Cl)c1)C(=S)NCCCN(C)C. The Morgan fingerprint density at radius 1 is 1.24 bits per heavy atom. The second-order valence-corrected chi connectivity index (χ2v) is 8.18. The van der Waals surface area contributed by atoms with E-state index in [2.05, 4.69) is 58.7 Å². The fourth-order valence-corrected chi connectivity index (χ4v) is 3.53. The van der Waals surface area contributed by atoms with Crippen LogP contribution in [0.3, 0.4) is 0 Å². The molecule has 0 radical (unpaired) electrons. The van der Waals surface area contributed by atoms with Crippen molar-refractivity contribution in [3.05, 3.63) is 28.2 Å². The van der Waals surface area contributed by atoms with Crippen molar-refractivity contribution in [3.8, 4) is 5.75 Å². The van der Waals surface area contributed by atoms with Crippen molar-refractivity contribution in [1.82, 2.24) is 15.1 Å². The van der Waals surface area contributed by atoms with Gasteiger partial charge in [0.1, 0.15) is 12.4 Å². The highest BCUT2D eigenvalue weighted by Crippen LogP contribution is 2.24. The molecule has 1 aromatic rings. The lowest BCUT2D eigenvalue weighted by Gasteiger charge is -2.31. The number of ether oxygens (including phenoxy) is 1. The summed E-state index contributed by atoms with van der Waals surface area (Å²) in [5.41, 5.74) is 0. The molecule has 1 unspecified atom stereocenters. The van der Waals surface area contributed by atoms with Crippen molar-refractivity contribution in [2.75, 3.05) is 44.8 Å². The molecule has 4 nitrogen and oxygen atoms in total. The molecule has 1 N–H and O–H groups in total. The number of halogens is 3. The van der Waals surface area contributed by atoms with Gasteiger partial charge in [-0.2, -0.15) is 0 Å². The third kappa shape index (κ3) is 9.47. The van der Waals surface area contributed by atoms with Gasteiger partial charge in [0.15, 0.2) is 5.11 Å². The van der Waals surface area contributed by atoms with Crippen LogP contribution in [-0.4, -0.2) is 65.7 Å². The van der Waals surface area contributed by atoms with Crippen LogP contribution >= 0.6 is 58.0 Å². The maximum atomic E-state index is 6.00. The Labute approximate surface area is 180 Å². The van der Waals surface area contributed by atoms with Gasteiger partial charge < -0.3 is 19.9 Å². The molecule has 0 saturated heterocycles. The van der Waals surface area contributed by atoms with Gasteiger partial charge >= 0.3 is 0 Å². The van der Waals surface area contributed by atoms with Crippen molar-refractivity contribution in [2.45, 2.75) is 19.4 Å². The molecular weight excluding hydrogens is 492 g/mol. The highest BCUT2D eigenvalue weighted by Gasteiger charge is 2.16. The van der Waals surface area contributed by atoms with Gasteiger partial charge in [-0.3, -0.25) is 0 Å². The Balaban J connectivity index is 2.50. The van der Waals surface area contributed by atoms with Crippen LogP contribution in [0.15, 0.2) is 18.2 Å². The molecule has 1 aromatic carbocycles. The lowest BCUT2D eigenvalue weighted by atomic mass is 10.3. The first-order valence-corrected chi connectivity index (χ1v) is 10.9. The summed E-state index contributed by atoms with van der Waals surface area (Å²) < 4.78 is 6.78. The summed E-state index contributed by atoms with van der Waals surface area (Å²) in [6.07, 6.45) is 1.05. The highest BCUT2D eigenvalue weighted by molar-refractivity contribution is 14.1. The smallest absolute Gasteiger partial charge is 0.169 e. The third-order valence-electron chi connectivity index (χ3n) is 3.51. The molecule has 0 aliphatic heterocycles. The second-order valence-electron chi connectivity index (χ2n) is 6.04. The average Bonchev–Trinajstić information content (AvgIpc) is 2.53. The maximum absolute atomic E-state index is 6.00. The van der Waals surface area contributed by atoms with Crippen LogP contribution in [0, 0.1) is 0 Å². The zero-order valence-corrected chi connectivity index (χ0v) is 19.4. The van der Waals surface area contributed by atoms with Crippen LogP contribution in [0.25, 0.3) is 0 Å². The van der Waals surface area contributed by atoms with Crippen molar-refractivity contribution in [3.63, 3.8) is 0 Å². The number of hydrogen-bond donors (Lipinski definition) is 1. The normalized spacial score (nSPS) is 12.1. The molecule has 0 bridgehead atoms. The van der Waals surface area contributed by atoms with E-state index in [9.17, 15) is 0 Å². The number of alkyl halides is 1.